The van der Waals surface area contributed by atoms with E-state index in [1.807, 2.05) is 25.1 Å². The molecule has 2 rings (SSSR count). The number of allylic oxidation sites excluding steroid dienone is 1. The van der Waals surface area contributed by atoms with E-state index in [0.717, 1.165) is 50.0 Å². The van der Waals surface area contributed by atoms with Gasteiger partial charge in [-0.25, -0.2) is 0 Å². The number of ether oxygens (including phenoxy) is 1. The van der Waals surface area contributed by atoms with Gasteiger partial charge in [0.05, 0.1) is 13.2 Å². The van der Waals surface area contributed by atoms with Crippen LogP contribution < -0.4 is 37.6 Å². The summed E-state index contributed by atoms with van der Waals surface area (Å²) in [5, 5.41) is 9.74. The van der Waals surface area contributed by atoms with E-state index in [1.165, 1.54) is 11.3 Å². The highest BCUT2D eigenvalue weighted by Crippen LogP contribution is 2.30. The number of hydrogen-bond acceptors (Lipinski definition) is 7. The summed E-state index contributed by atoms with van der Waals surface area (Å²) < 4.78 is 6.09. The van der Waals surface area contributed by atoms with Crippen molar-refractivity contribution in [3.63, 3.8) is 0 Å². The van der Waals surface area contributed by atoms with Crippen LogP contribution in [0.25, 0.3) is 0 Å². The van der Waals surface area contributed by atoms with Gasteiger partial charge < -0.3 is 32.2 Å². The molecule has 0 saturated heterocycles. The molecule has 0 heterocycles. The molecule has 10 nitrogen and oxygen atoms in total. The molecule has 2 atom stereocenters. The Morgan fingerprint density at radius 3 is 2.71 bits per heavy atom. The van der Waals surface area contributed by atoms with Crippen molar-refractivity contribution in [1.29, 1.82) is 0 Å². The Morgan fingerprint density at radius 1 is 1.18 bits per heavy atom. The molecule has 1 aliphatic carbocycles. The standard InChI is InChI=1S/C24H41N7O3/c1-18(14-30-24(25)26)31-34-13-12-28-22(20-9-10-20)15-29-19(2)16-33-23-8-4-3-6-21(23)7-5-11-27-17-32/h3-4,6,8,17-19,28-29,31H,5,7,9-16H2,1-2H3,(H,27,32)(H4,25,26,30)/t18?,19-/m0/s1. The van der Waals surface area contributed by atoms with Gasteiger partial charge in [-0.3, -0.25) is 14.6 Å². The lowest BCUT2D eigenvalue weighted by Crippen LogP contribution is -2.37. The number of amides is 1. The van der Waals surface area contributed by atoms with Gasteiger partial charge in [0.2, 0.25) is 6.41 Å². The number of guanidine groups is 1. The Balaban J connectivity index is 1.65. The minimum absolute atomic E-state index is 0.0315. The van der Waals surface area contributed by atoms with E-state index in [4.69, 9.17) is 21.0 Å². The smallest absolute Gasteiger partial charge is 0.207 e. The van der Waals surface area contributed by atoms with E-state index in [0.29, 0.717) is 32.8 Å². The zero-order chi connectivity index (χ0) is 24.6. The minimum atomic E-state index is 0.0315. The van der Waals surface area contributed by atoms with Crippen LogP contribution in [0.1, 0.15) is 38.7 Å². The molecule has 1 aliphatic rings. The number of carbonyl (C=O) groups excluding carboxylic acids is 1. The van der Waals surface area contributed by atoms with Crippen LogP contribution in [0.5, 0.6) is 5.75 Å². The van der Waals surface area contributed by atoms with Crippen molar-refractivity contribution in [2.45, 2.75) is 51.6 Å². The van der Waals surface area contributed by atoms with Crippen LogP contribution in [0.3, 0.4) is 0 Å². The summed E-state index contributed by atoms with van der Waals surface area (Å²) in [5.41, 5.74) is 17.5. The first-order valence-electron chi connectivity index (χ1n) is 12.0. The van der Waals surface area contributed by atoms with Crippen molar-refractivity contribution < 1.29 is 14.4 Å². The van der Waals surface area contributed by atoms with Crippen LogP contribution in [0.2, 0.25) is 0 Å². The molecular formula is C24H41N7O3. The number of benzene rings is 1. The summed E-state index contributed by atoms with van der Waals surface area (Å²) in [6.07, 6.45) is 4.77. The third-order valence-corrected chi connectivity index (χ3v) is 5.24. The highest BCUT2D eigenvalue weighted by molar-refractivity contribution is 5.75. The fourth-order valence-corrected chi connectivity index (χ4v) is 3.25. The summed E-state index contributed by atoms with van der Waals surface area (Å²) in [6, 6.07) is 8.30. The van der Waals surface area contributed by atoms with E-state index >= 15 is 0 Å². The van der Waals surface area contributed by atoms with Gasteiger partial charge in [0.1, 0.15) is 12.4 Å². The first-order valence-corrected chi connectivity index (χ1v) is 12.0. The molecule has 0 aromatic heterocycles. The summed E-state index contributed by atoms with van der Waals surface area (Å²) >= 11 is 0. The number of aryl methyl sites for hydroxylation is 1. The fourth-order valence-electron chi connectivity index (χ4n) is 3.25. The second kappa shape index (κ2) is 15.9. The molecule has 8 N–H and O–H groups in total. The average Bonchev–Trinajstić information content (AvgIpc) is 3.67. The molecule has 10 heteroatoms. The van der Waals surface area contributed by atoms with Gasteiger partial charge >= 0.3 is 0 Å². The number of para-hydroxylation sites is 1. The number of hydroxylamine groups is 1. The molecule has 190 valence electrons. The second-order valence-electron chi connectivity index (χ2n) is 8.52. The third-order valence-electron chi connectivity index (χ3n) is 5.24. The SMILES string of the molecule is CC(CN=C(N)N)NOCCNC(CN[C@@H](C)COc1ccccc1CCCNC=O)=C1CC1. The monoisotopic (exact) mass is 475 g/mol. The molecule has 1 aromatic rings. The second-order valence-corrected chi connectivity index (χ2v) is 8.52. The maximum Gasteiger partial charge on any atom is 0.207 e. The first-order chi connectivity index (χ1) is 16.5. The van der Waals surface area contributed by atoms with Gasteiger partial charge in [-0.05, 0) is 56.7 Å². The van der Waals surface area contributed by atoms with Gasteiger partial charge in [0.25, 0.3) is 0 Å². The van der Waals surface area contributed by atoms with E-state index in [9.17, 15) is 4.79 Å². The van der Waals surface area contributed by atoms with E-state index in [2.05, 4.69) is 39.4 Å². The van der Waals surface area contributed by atoms with Crippen LogP contribution in [0, 0.1) is 0 Å². The molecule has 1 amide bonds. The van der Waals surface area contributed by atoms with Crippen LogP contribution in [0.15, 0.2) is 40.5 Å². The van der Waals surface area contributed by atoms with Crippen molar-refractivity contribution in [3.8, 4) is 5.75 Å². The Labute approximate surface area is 202 Å². The van der Waals surface area contributed by atoms with E-state index < -0.39 is 0 Å². The Morgan fingerprint density at radius 2 is 1.97 bits per heavy atom. The number of rotatable bonds is 19. The summed E-state index contributed by atoms with van der Waals surface area (Å²) in [7, 11) is 0. The molecule has 1 fully saturated rings. The minimum Gasteiger partial charge on any atom is -0.492 e. The van der Waals surface area contributed by atoms with Gasteiger partial charge in [-0.15, -0.1) is 0 Å². The number of nitrogens with one attached hydrogen (secondary N) is 4. The summed E-state index contributed by atoms with van der Waals surface area (Å²) in [5.74, 6) is 0.982. The van der Waals surface area contributed by atoms with Crippen molar-refractivity contribution in [2.75, 3.05) is 39.4 Å². The lowest BCUT2D eigenvalue weighted by atomic mass is 10.1. The largest absolute Gasteiger partial charge is 0.492 e. The van der Waals surface area contributed by atoms with Crippen molar-refractivity contribution in [3.05, 3.63) is 41.1 Å². The van der Waals surface area contributed by atoms with Crippen LogP contribution in [0.4, 0.5) is 0 Å². The van der Waals surface area contributed by atoms with Crippen molar-refractivity contribution in [1.82, 2.24) is 21.4 Å². The van der Waals surface area contributed by atoms with E-state index in [-0.39, 0.29) is 18.0 Å². The molecule has 0 bridgehead atoms. The Bertz CT molecular complexity index is 791. The van der Waals surface area contributed by atoms with E-state index in [1.54, 1.807) is 0 Å². The quantitative estimate of drug-likeness (QED) is 0.0558. The Kier molecular flexibility index (Phi) is 12.8. The average molecular weight is 476 g/mol. The Hall–Kier alpha value is -2.82. The third kappa shape index (κ3) is 11.9. The van der Waals surface area contributed by atoms with Crippen molar-refractivity contribution >= 4 is 12.4 Å². The number of carbonyl (C=O) groups is 1. The zero-order valence-electron chi connectivity index (χ0n) is 20.4. The normalized spacial score (nSPS) is 14.1. The highest BCUT2D eigenvalue weighted by atomic mass is 16.6. The van der Waals surface area contributed by atoms with Crippen molar-refractivity contribution in [2.24, 2.45) is 16.5 Å². The molecule has 0 spiro atoms. The number of nitrogens with two attached hydrogens (primary N) is 2. The van der Waals surface area contributed by atoms with Crippen LogP contribution >= 0.6 is 0 Å². The topological polar surface area (TPSA) is 148 Å². The number of aliphatic imine (C=N–C) groups is 1. The van der Waals surface area contributed by atoms with Gasteiger partial charge in [-0.1, -0.05) is 18.2 Å². The van der Waals surface area contributed by atoms with Gasteiger partial charge in [0.15, 0.2) is 5.96 Å². The molecule has 1 unspecified atom stereocenters. The van der Waals surface area contributed by atoms with Crippen LogP contribution in [-0.2, 0) is 16.1 Å². The van der Waals surface area contributed by atoms with Gasteiger partial charge in [-0.2, -0.15) is 5.48 Å². The first kappa shape index (κ1) is 27.4. The predicted molar refractivity (Wildman–Crippen MR) is 135 cm³/mol. The molecule has 1 aromatic carbocycles. The van der Waals surface area contributed by atoms with Gasteiger partial charge in [0, 0.05) is 37.4 Å². The molecular weight excluding hydrogens is 434 g/mol. The molecule has 0 radical (unpaired) electrons. The number of nitrogens with zero attached hydrogens (tertiary/aromatic N) is 1. The highest BCUT2D eigenvalue weighted by Gasteiger charge is 2.18. The lowest BCUT2D eigenvalue weighted by Gasteiger charge is -2.19. The predicted octanol–water partition coefficient (Wildman–Crippen LogP) is 0.543. The fraction of sp³-hybridized carbons (Fsp3) is 0.583. The maximum absolute atomic E-state index is 10.4. The zero-order valence-corrected chi connectivity index (χ0v) is 20.4. The summed E-state index contributed by atoms with van der Waals surface area (Å²) in [4.78, 5) is 19.9. The summed E-state index contributed by atoms with van der Waals surface area (Å²) in [6.45, 7) is 7.79. The lowest BCUT2D eigenvalue weighted by molar-refractivity contribution is -0.109. The molecule has 0 aliphatic heterocycles. The number of hydrogen-bond donors (Lipinski definition) is 6. The maximum atomic E-state index is 10.4. The van der Waals surface area contributed by atoms with Crippen LogP contribution in [-0.4, -0.2) is 63.8 Å². The molecule has 34 heavy (non-hydrogen) atoms. The molecule has 1 saturated carbocycles.